The van der Waals surface area contributed by atoms with Crippen molar-refractivity contribution in [2.45, 2.75) is 26.5 Å². The molecule has 0 aliphatic rings. The molecule has 2 rings (SSSR count). The molecule has 0 radical (unpaired) electrons. The number of guanidine groups is 1. The highest BCUT2D eigenvalue weighted by Crippen LogP contribution is 2.24. The minimum Gasteiger partial charge on any atom is -0.434 e. The molecule has 0 saturated carbocycles. The largest absolute Gasteiger partial charge is 0.434 e. The van der Waals surface area contributed by atoms with Gasteiger partial charge in [-0.25, -0.2) is 4.98 Å². The van der Waals surface area contributed by atoms with Crippen LogP contribution in [-0.2, 0) is 13.0 Å². The molecule has 1 heterocycles. The van der Waals surface area contributed by atoms with Gasteiger partial charge in [0.15, 0.2) is 5.96 Å². The van der Waals surface area contributed by atoms with Crippen LogP contribution in [0.2, 0.25) is 0 Å². The van der Waals surface area contributed by atoms with E-state index in [0.717, 1.165) is 21.6 Å². The van der Waals surface area contributed by atoms with E-state index in [2.05, 4.69) is 41.3 Å². The summed E-state index contributed by atoms with van der Waals surface area (Å²) in [4.78, 5) is 8.53. The lowest BCUT2D eigenvalue weighted by molar-refractivity contribution is -0.0504. The van der Waals surface area contributed by atoms with Crippen molar-refractivity contribution >= 4 is 57.2 Å². The van der Waals surface area contributed by atoms with E-state index in [0.29, 0.717) is 24.6 Å². The summed E-state index contributed by atoms with van der Waals surface area (Å²) in [7, 11) is 1.65. The fraction of sp³-hybridized carbons (Fsp3) is 0.375. The van der Waals surface area contributed by atoms with Crippen LogP contribution in [0.25, 0.3) is 0 Å². The topological polar surface area (TPSA) is 58.5 Å². The third-order valence-corrected chi connectivity index (χ3v) is 4.56. The Morgan fingerprint density at radius 1 is 1.38 bits per heavy atom. The van der Waals surface area contributed by atoms with Gasteiger partial charge in [-0.3, -0.25) is 4.99 Å². The van der Waals surface area contributed by atoms with Crippen molar-refractivity contribution < 1.29 is 13.5 Å². The first-order valence-corrected chi connectivity index (χ1v) is 9.24. The molecule has 144 valence electrons. The molecule has 0 atom stereocenters. The van der Waals surface area contributed by atoms with Crippen LogP contribution in [0.3, 0.4) is 0 Å². The number of nitrogens with zero attached hydrogens (tertiary/aromatic N) is 2. The van der Waals surface area contributed by atoms with Crippen LogP contribution < -0.4 is 15.4 Å². The number of alkyl halides is 2. The van der Waals surface area contributed by atoms with Gasteiger partial charge in [-0.2, -0.15) is 8.78 Å². The van der Waals surface area contributed by atoms with Crippen molar-refractivity contribution in [2.75, 3.05) is 13.6 Å². The molecule has 0 aliphatic carbocycles. The maximum Gasteiger partial charge on any atom is 0.387 e. The monoisotopic (exact) mass is 560 g/mol. The van der Waals surface area contributed by atoms with Crippen molar-refractivity contribution in [1.29, 1.82) is 0 Å². The Balaban J connectivity index is 0.00000338. The second-order valence-corrected chi connectivity index (χ2v) is 7.07. The summed E-state index contributed by atoms with van der Waals surface area (Å²) in [5.74, 6) is 0.717. The Hall–Kier alpha value is -1.01. The molecule has 0 amide bonds. The third-order valence-electron chi connectivity index (χ3n) is 3.25. The van der Waals surface area contributed by atoms with Gasteiger partial charge in [-0.05, 0) is 25.1 Å². The molecular weight excluding hydrogens is 541 g/mol. The number of aryl methyl sites for hydroxylation is 1. The fourth-order valence-electron chi connectivity index (χ4n) is 2.13. The number of thiazole rings is 1. The second kappa shape index (κ2) is 11.7. The molecule has 0 fully saturated rings. The zero-order valence-corrected chi connectivity index (χ0v) is 19.0. The number of hydrogen-bond acceptors (Lipinski definition) is 4. The molecule has 2 N–H and O–H groups in total. The number of rotatable bonds is 7. The van der Waals surface area contributed by atoms with Crippen molar-refractivity contribution in [3.63, 3.8) is 0 Å². The fourth-order valence-corrected chi connectivity index (χ4v) is 3.18. The van der Waals surface area contributed by atoms with E-state index < -0.39 is 6.61 Å². The quantitative estimate of drug-likeness (QED) is 0.300. The Bertz CT molecular complexity index is 730. The minimum atomic E-state index is -2.86. The highest BCUT2D eigenvalue weighted by molar-refractivity contribution is 14.0. The summed E-state index contributed by atoms with van der Waals surface area (Å²) in [6.07, 6.45) is 0.779. The smallest absolute Gasteiger partial charge is 0.387 e. The minimum absolute atomic E-state index is 0. The van der Waals surface area contributed by atoms with Gasteiger partial charge in [0.25, 0.3) is 0 Å². The number of aliphatic imine (C=N–C) groups is 1. The SMILES string of the molecule is CN=C(NCCc1csc(C)n1)NCc1cc(Br)ccc1OC(F)F.I. The number of aromatic nitrogens is 1. The van der Waals surface area contributed by atoms with Gasteiger partial charge < -0.3 is 15.4 Å². The van der Waals surface area contributed by atoms with Gasteiger partial charge in [-0.1, -0.05) is 15.9 Å². The highest BCUT2D eigenvalue weighted by atomic mass is 127. The Morgan fingerprint density at radius 2 is 2.15 bits per heavy atom. The summed E-state index contributed by atoms with van der Waals surface area (Å²) in [5.41, 5.74) is 1.64. The van der Waals surface area contributed by atoms with E-state index in [9.17, 15) is 8.78 Å². The van der Waals surface area contributed by atoms with Gasteiger partial charge in [-0.15, -0.1) is 35.3 Å². The van der Waals surface area contributed by atoms with Crippen LogP contribution in [0.4, 0.5) is 8.78 Å². The zero-order chi connectivity index (χ0) is 18.2. The van der Waals surface area contributed by atoms with Crippen molar-refractivity contribution in [2.24, 2.45) is 4.99 Å². The van der Waals surface area contributed by atoms with Crippen molar-refractivity contribution in [3.05, 3.63) is 44.3 Å². The van der Waals surface area contributed by atoms with Gasteiger partial charge in [0.1, 0.15) is 5.75 Å². The summed E-state index contributed by atoms with van der Waals surface area (Å²) in [5, 5.41) is 9.34. The third kappa shape index (κ3) is 7.70. The predicted molar refractivity (Wildman–Crippen MR) is 115 cm³/mol. The molecule has 2 aromatic rings. The summed E-state index contributed by atoms with van der Waals surface area (Å²) in [6.45, 7) is 0.0802. The van der Waals surface area contributed by atoms with Gasteiger partial charge in [0.05, 0.1) is 10.7 Å². The molecule has 0 aliphatic heterocycles. The summed E-state index contributed by atoms with van der Waals surface area (Å²) >= 11 is 4.95. The van der Waals surface area contributed by atoms with Crippen molar-refractivity contribution in [3.8, 4) is 5.75 Å². The molecule has 26 heavy (non-hydrogen) atoms. The predicted octanol–water partition coefficient (Wildman–Crippen LogP) is 4.34. The van der Waals surface area contributed by atoms with Gasteiger partial charge in [0.2, 0.25) is 0 Å². The molecule has 1 aromatic heterocycles. The molecule has 0 bridgehead atoms. The maximum atomic E-state index is 12.5. The number of ether oxygens (including phenoxy) is 1. The normalized spacial score (nSPS) is 11.2. The lowest BCUT2D eigenvalue weighted by atomic mass is 10.2. The molecule has 5 nitrogen and oxygen atoms in total. The molecule has 0 saturated heterocycles. The van der Waals surface area contributed by atoms with E-state index in [1.165, 1.54) is 6.07 Å². The Labute approximate surface area is 180 Å². The number of nitrogens with one attached hydrogen (secondary N) is 2. The summed E-state index contributed by atoms with van der Waals surface area (Å²) < 4.78 is 30.3. The van der Waals surface area contributed by atoms with Crippen LogP contribution in [-0.4, -0.2) is 31.1 Å². The second-order valence-electron chi connectivity index (χ2n) is 5.09. The van der Waals surface area contributed by atoms with Crippen LogP contribution in [0.1, 0.15) is 16.3 Å². The first-order valence-electron chi connectivity index (χ1n) is 7.56. The lowest BCUT2D eigenvalue weighted by Crippen LogP contribution is -2.38. The summed E-state index contributed by atoms with van der Waals surface area (Å²) in [6, 6.07) is 4.90. The lowest BCUT2D eigenvalue weighted by Gasteiger charge is -2.14. The van der Waals surface area contributed by atoms with Gasteiger partial charge >= 0.3 is 6.61 Å². The molecule has 0 spiro atoms. The molecule has 10 heteroatoms. The van der Waals surface area contributed by atoms with Crippen LogP contribution in [0, 0.1) is 6.92 Å². The van der Waals surface area contributed by atoms with Crippen LogP contribution in [0.15, 0.2) is 33.0 Å². The van der Waals surface area contributed by atoms with Crippen LogP contribution >= 0.6 is 51.2 Å². The molecule has 0 unspecified atom stereocenters. The van der Waals surface area contributed by atoms with E-state index >= 15 is 0 Å². The van der Waals surface area contributed by atoms with E-state index in [-0.39, 0.29) is 29.7 Å². The average molecular weight is 561 g/mol. The number of benzene rings is 1. The zero-order valence-electron chi connectivity index (χ0n) is 14.3. The van der Waals surface area contributed by atoms with E-state index in [4.69, 9.17) is 0 Å². The first kappa shape index (κ1) is 23.0. The average Bonchev–Trinajstić information content (AvgIpc) is 2.98. The molecular formula is C16H20BrF2IN4OS. The van der Waals surface area contributed by atoms with Crippen LogP contribution in [0.5, 0.6) is 5.75 Å². The maximum absolute atomic E-state index is 12.5. The Kier molecular flexibility index (Phi) is 10.3. The number of hydrogen-bond donors (Lipinski definition) is 2. The first-order chi connectivity index (χ1) is 12.0. The van der Waals surface area contributed by atoms with E-state index in [1.807, 2.05) is 12.3 Å². The Morgan fingerprint density at radius 3 is 2.77 bits per heavy atom. The highest BCUT2D eigenvalue weighted by Gasteiger charge is 2.11. The molecule has 1 aromatic carbocycles. The standard InChI is InChI=1S/C16H19BrF2N4OS.HI/c1-10-23-13(9-25-10)5-6-21-16(20-2)22-8-11-7-12(17)3-4-14(11)24-15(18)19;/h3-4,7,9,15H,5-6,8H2,1-2H3,(H2,20,21,22);1H. The number of halogens is 4. The van der Waals surface area contributed by atoms with Gasteiger partial charge in [0, 0.05) is 42.0 Å². The van der Waals surface area contributed by atoms with E-state index in [1.54, 1.807) is 30.5 Å². The van der Waals surface area contributed by atoms with Crippen molar-refractivity contribution in [1.82, 2.24) is 15.6 Å².